The summed E-state index contributed by atoms with van der Waals surface area (Å²) < 4.78 is 0. The Morgan fingerprint density at radius 2 is 1.97 bits per heavy atom. The standard InChI is InChI=1S/C18H21N7O4/c19-16(27)13-6-11(9-22-13)25-18(29)14-7-10(8-23-14)24-15(26)3-5-21-17(28)12-2-1-4-20-12/h1-2,4,6-7,9-10,20,22-23H,3,5,8H2,(H2,19,27)(H,21,28)(H,24,26)(H,25,29). The highest BCUT2D eigenvalue weighted by Crippen LogP contribution is 2.12. The Labute approximate surface area is 165 Å². The van der Waals surface area contributed by atoms with E-state index >= 15 is 0 Å². The van der Waals surface area contributed by atoms with Crippen LogP contribution in [-0.2, 0) is 9.59 Å². The summed E-state index contributed by atoms with van der Waals surface area (Å²) in [6, 6.07) is 4.42. The molecule has 1 aliphatic rings. The largest absolute Gasteiger partial charge is 0.378 e. The second-order valence-electron chi connectivity index (χ2n) is 6.35. The van der Waals surface area contributed by atoms with Crippen LogP contribution in [0.25, 0.3) is 0 Å². The lowest BCUT2D eigenvalue weighted by atomic mass is 10.2. The molecule has 4 amide bonds. The van der Waals surface area contributed by atoms with Crippen LogP contribution in [0, 0.1) is 0 Å². The van der Waals surface area contributed by atoms with Gasteiger partial charge in [-0.1, -0.05) is 0 Å². The molecule has 152 valence electrons. The maximum atomic E-state index is 12.2. The van der Waals surface area contributed by atoms with Gasteiger partial charge >= 0.3 is 0 Å². The molecule has 0 saturated carbocycles. The molecule has 0 spiro atoms. The van der Waals surface area contributed by atoms with E-state index in [1.807, 2.05) is 0 Å². The summed E-state index contributed by atoms with van der Waals surface area (Å²) >= 11 is 0. The summed E-state index contributed by atoms with van der Waals surface area (Å²) in [7, 11) is 0. The Hall–Kier alpha value is -4.02. The van der Waals surface area contributed by atoms with Crippen LogP contribution >= 0.6 is 0 Å². The lowest BCUT2D eigenvalue weighted by Gasteiger charge is -2.10. The number of nitrogens with two attached hydrogens (primary N) is 1. The fourth-order valence-electron chi connectivity index (χ4n) is 2.73. The van der Waals surface area contributed by atoms with E-state index in [0.717, 1.165) is 0 Å². The average molecular weight is 399 g/mol. The predicted molar refractivity (Wildman–Crippen MR) is 104 cm³/mol. The molecule has 0 fully saturated rings. The fourth-order valence-corrected chi connectivity index (χ4v) is 2.73. The van der Waals surface area contributed by atoms with Crippen LogP contribution in [0.4, 0.5) is 5.69 Å². The molecule has 1 atom stereocenters. The van der Waals surface area contributed by atoms with Crippen molar-refractivity contribution >= 4 is 29.3 Å². The van der Waals surface area contributed by atoms with E-state index in [2.05, 4.69) is 31.2 Å². The average Bonchev–Trinajstić information content (AvgIpc) is 3.43. The van der Waals surface area contributed by atoms with E-state index in [0.29, 0.717) is 23.6 Å². The van der Waals surface area contributed by atoms with Gasteiger partial charge in [-0.05, 0) is 24.3 Å². The molecule has 0 aliphatic carbocycles. The second kappa shape index (κ2) is 8.78. The third kappa shape index (κ3) is 5.25. The first-order valence-electron chi connectivity index (χ1n) is 8.88. The molecule has 1 aliphatic heterocycles. The Kier molecular flexibility index (Phi) is 5.97. The summed E-state index contributed by atoms with van der Waals surface area (Å²) in [6.45, 7) is 0.555. The van der Waals surface area contributed by atoms with Crippen molar-refractivity contribution < 1.29 is 19.2 Å². The van der Waals surface area contributed by atoms with Crippen LogP contribution in [0.3, 0.4) is 0 Å². The lowest BCUT2D eigenvalue weighted by molar-refractivity contribution is -0.121. The first-order chi connectivity index (χ1) is 13.9. The van der Waals surface area contributed by atoms with Gasteiger partial charge in [0.05, 0.1) is 17.4 Å². The zero-order valence-electron chi connectivity index (χ0n) is 15.4. The van der Waals surface area contributed by atoms with Gasteiger partial charge in [-0.3, -0.25) is 19.2 Å². The second-order valence-corrected chi connectivity index (χ2v) is 6.35. The first-order valence-corrected chi connectivity index (χ1v) is 8.88. The van der Waals surface area contributed by atoms with Crippen LogP contribution in [0.2, 0.25) is 0 Å². The number of hydrogen-bond donors (Lipinski definition) is 7. The molecule has 2 aromatic heterocycles. The van der Waals surface area contributed by atoms with E-state index in [1.54, 1.807) is 24.4 Å². The van der Waals surface area contributed by atoms with Crippen LogP contribution < -0.4 is 27.0 Å². The highest BCUT2D eigenvalue weighted by Gasteiger charge is 2.22. The van der Waals surface area contributed by atoms with E-state index in [4.69, 9.17) is 5.73 Å². The van der Waals surface area contributed by atoms with Gasteiger partial charge in [0.1, 0.15) is 11.4 Å². The number of primary amides is 1. The Morgan fingerprint density at radius 1 is 1.14 bits per heavy atom. The number of carbonyl (C=O) groups is 4. The number of rotatable bonds is 8. The summed E-state index contributed by atoms with van der Waals surface area (Å²) in [4.78, 5) is 52.5. The molecule has 0 saturated heterocycles. The molecular weight excluding hydrogens is 378 g/mol. The molecule has 3 heterocycles. The van der Waals surface area contributed by atoms with Crippen LogP contribution in [0.15, 0.2) is 42.4 Å². The lowest BCUT2D eigenvalue weighted by Crippen LogP contribution is -2.38. The first kappa shape index (κ1) is 19.7. The highest BCUT2D eigenvalue weighted by molar-refractivity contribution is 6.04. The van der Waals surface area contributed by atoms with Gasteiger partial charge in [0, 0.05) is 31.9 Å². The van der Waals surface area contributed by atoms with Crippen molar-refractivity contribution in [3.8, 4) is 0 Å². The SMILES string of the molecule is NC(=O)c1cc(NC(=O)C2=CC(NC(=O)CCNC(=O)c3ccc[nH]3)CN2)c[nH]1. The van der Waals surface area contributed by atoms with E-state index < -0.39 is 11.8 Å². The number of amides is 4. The minimum atomic E-state index is -0.629. The van der Waals surface area contributed by atoms with E-state index in [-0.39, 0.29) is 36.5 Å². The minimum Gasteiger partial charge on any atom is -0.378 e. The fraction of sp³-hybridized carbons (Fsp3) is 0.222. The third-order valence-corrected chi connectivity index (χ3v) is 4.16. The van der Waals surface area contributed by atoms with Crippen molar-refractivity contribution in [3.05, 3.63) is 53.8 Å². The number of nitrogens with one attached hydrogen (secondary N) is 6. The van der Waals surface area contributed by atoms with Gasteiger partial charge in [-0.25, -0.2) is 0 Å². The molecular formula is C18H21N7O4. The maximum absolute atomic E-state index is 12.2. The van der Waals surface area contributed by atoms with Crippen molar-refractivity contribution in [3.63, 3.8) is 0 Å². The van der Waals surface area contributed by atoms with Gasteiger partial charge in [0.25, 0.3) is 17.7 Å². The van der Waals surface area contributed by atoms with E-state index in [9.17, 15) is 19.2 Å². The smallest absolute Gasteiger partial charge is 0.271 e. The van der Waals surface area contributed by atoms with Gasteiger partial charge in [-0.15, -0.1) is 0 Å². The normalized spacial score (nSPS) is 15.2. The zero-order valence-corrected chi connectivity index (χ0v) is 15.4. The molecule has 1 unspecified atom stereocenters. The van der Waals surface area contributed by atoms with Crippen molar-refractivity contribution in [1.29, 1.82) is 0 Å². The molecule has 3 rings (SSSR count). The topological polar surface area (TPSA) is 174 Å². The van der Waals surface area contributed by atoms with Gasteiger partial charge in [0.15, 0.2) is 0 Å². The van der Waals surface area contributed by atoms with Crippen molar-refractivity contribution in [1.82, 2.24) is 25.9 Å². The number of aromatic nitrogens is 2. The summed E-state index contributed by atoms with van der Waals surface area (Å²) in [5.74, 6) is -1.57. The number of H-pyrrole nitrogens is 2. The van der Waals surface area contributed by atoms with Gasteiger partial charge in [-0.2, -0.15) is 0 Å². The van der Waals surface area contributed by atoms with Crippen molar-refractivity contribution in [2.24, 2.45) is 5.73 Å². The summed E-state index contributed by atoms with van der Waals surface area (Å²) in [6.07, 6.45) is 4.81. The number of hydrogen-bond acceptors (Lipinski definition) is 5. The Balaban J connectivity index is 1.42. The Morgan fingerprint density at radius 3 is 2.66 bits per heavy atom. The summed E-state index contributed by atoms with van der Waals surface area (Å²) in [5.41, 5.74) is 6.46. The predicted octanol–water partition coefficient (Wildman–Crippen LogP) is -0.828. The number of aromatic amines is 2. The van der Waals surface area contributed by atoms with Crippen molar-refractivity contribution in [2.75, 3.05) is 18.4 Å². The maximum Gasteiger partial charge on any atom is 0.271 e. The third-order valence-electron chi connectivity index (χ3n) is 4.16. The van der Waals surface area contributed by atoms with E-state index in [1.165, 1.54) is 12.3 Å². The number of anilines is 1. The number of carbonyl (C=O) groups excluding carboxylic acids is 4. The quantitative estimate of drug-likeness (QED) is 0.306. The highest BCUT2D eigenvalue weighted by atomic mass is 16.2. The molecule has 2 aromatic rings. The molecule has 29 heavy (non-hydrogen) atoms. The van der Waals surface area contributed by atoms with Crippen LogP contribution in [-0.4, -0.2) is 52.7 Å². The van der Waals surface area contributed by atoms with Gasteiger partial charge in [0.2, 0.25) is 5.91 Å². The van der Waals surface area contributed by atoms with Crippen molar-refractivity contribution in [2.45, 2.75) is 12.5 Å². The molecule has 11 nitrogen and oxygen atoms in total. The Bertz CT molecular complexity index is 945. The van der Waals surface area contributed by atoms with Crippen LogP contribution in [0.1, 0.15) is 27.4 Å². The van der Waals surface area contributed by atoms with Crippen LogP contribution in [0.5, 0.6) is 0 Å². The summed E-state index contributed by atoms with van der Waals surface area (Å²) in [5, 5.41) is 10.9. The zero-order chi connectivity index (χ0) is 20.8. The molecule has 0 radical (unpaired) electrons. The molecule has 11 heteroatoms. The molecule has 0 aromatic carbocycles. The minimum absolute atomic E-state index is 0.109. The van der Waals surface area contributed by atoms with Gasteiger partial charge < -0.3 is 37.0 Å². The molecule has 0 bridgehead atoms. The molecule has 8 N–H and O–H groups in total. The monoisotopic (exact) mass is 399 g/mol.